The SMILES string of the molecule is COc1cc(OC)cc(C(=O)NN=Cc2cc(Br)c(Br)o2)c1. The molecule has 1 aromatic heterocycles. The third kappa shape index (κ3) is 4.11. The highest BCUT2D eigenvalue weighted by Crippen LogP contribution is 2.26. The van der Waals surface area contributed by atoms with Gasteiger partial charge in [0.15, 0.2) is 4.67 Å². The molecule has 0 spiro atoms. The molecule has 0 unspecified atom stereocenters. The van der Waals surface area contributed by atoms with E-state index in [1.807, 2.05) is 0 Å². The number of carbonyl (C=O) groups is 1. The van der Waals surface area contributed by atoms with Crippen molar-refractivity contribution in [2.45, 2.75) is 0 Å². The molecule has 0 aliphatic carbocycles. The van der Waals surface area contributed by atoms with Gasteiger partial charge in [0.1, 0.15) is 17.3 Å². The Balaban J connectivity index is 2.08. The van der Waals surface area contributed by atoms with Gasteiger partial charge in [0, 0.05) is 17.7 Å². The van der Waals surface area contributed by atoms with E-state index >= 15 is 0 Å². The molecule has 2 aromatic rings. The van der Waals surface area contributed by atoms with Crippen molar-refractivity contribution in [2.75, 3.05) is 14.2 Å². The molecule has 8 heteroatoms. The largest absolute Gasteiger partial charge is 0.497 e. The number of nitrogens with one attached hydrogen (secondary N) is 1. The molecule has 1 aromatic carbocycles. The van der Waals surface area contributed by atoms with Crippen LogP contribution in [0, 0.1) is 0 Å². The zero-order valence-corrected chi connectivity index (χ0v) is 14.9. The normalized spacial score (nSPS) is 10.7. The lowest BCUT2D eigenvalue weighted by Crippen LogP contribution is -2.17. The lowest BCUT2D eigenvalue weighted by molar-refractivity contribution is 0.0954. The summed E-state index contributed by atoms with van der Waals surface area (Å²) < 4.78 is 16.8. The van der Waals surface area contributed by atoms with E-state index in [1.165, 1.54) is 20.4 Å². The van der Waals surface area contributed by atoms with E-state index in [-0.39, 0.29) is 0 Å². The molecule has 0 atom stereocenters. The highest BCUT2D eigenvalue weighted by molar-refractivity contribution is 9.13. The minimum absolute atomic E-state index is 0.371. The lowest BCUT2D eigenvalue weighted by Gasteiger charge is -2.07. The quantitative estimate of drug-likeness (QED) is 0.580. The number of ether oxygens (including phenoxy) is 2. The Bertz CT molecular complexity index is 671. The van der Waals surface area contributed by atoms with E-state index < -0.39 is 5.91 Å². The van der Waals surface area contributed by atoms with Crippen molar-refractivity contribution in [3.05, 3.63) is 44.7 Å². The second kappa shape index (κ2) is 7.46. The number of amides is 1. The van der Waals surface area contributed by atoms with Crippen LogP contribution in [0.4, 0.5) is 0 Å². The van der Waals surface area contributed by atoms with Crippen LogP contribution in [0.3, 0.4) is 0 Å². The fourth-order valence-electron chi connectivity index (χ4n) is 1.58. The summed E-state index contributed by atoms with van der Waals surface area (Å²) in [6, 6.07) is 6.58. The molecule has 6 nitrogen and oxygen atoms in total. The number of hydrogen-bond donors (Lipinski definition) is 1. The number of halogens is 2. The zero-order chi connectivity index (χ0) is 16.1. The first kappa shape index (κ1) is 16.6. The summed E-state index contributed by atoms with van der Waals surface area (Å²) >= 11 is 6.50. The second-order valence-corrected chi connectivity index (χ2v) is 5.65. The van der Waals surface area contributed by atoms with Crippen LogP contribution in [0.5, 0.6) is 11.5 Å². The Morgan fingerprint density at radius 2 is 1.82 bits per heavy atom. The van der Waals surface area contributed by atoms with Gasteiger partial charge in [-0.05, 0) is 44.0 Å². The van der Waals surface area contributed by atoms with Crippen LogP contribution < -0.4 is 14.9 Å². The van der Waals surface area contributed by atoms with E-state index in [4.69, 9.17) is 13.9 Å². The summed E-state index contributed by atoms with van der Waals surface area (Å²) in [5.74, 6) is 1.14. The van der Waals surface area contributed by atoms with Crippen LogP contribution in [-0.4, -0.2) is 26.3 Å². The Hall–Kier alpha value is -1.80. The van der Waals surface area contributed by atoms with Crippen molar-refractivity contribution >= 4 is 44.0 Å². The summed E-state index contributed by atoms with van der Waals surface area (Å²) in [6.45, 7) is 0. The Kier molecular flexibility index (Phi) is 5.62. The van der Waals surface area contributed by atoms with E-state index in [0.29, 0.717) is 27.5 Å². The van der Waals surface area contributed by atoms with Crippen LogP contribution >= 0.6 is 31.9 Å². The molecule has 0 saturated heterocycles. The fraction of sp³-hybridized carbons (Fsp3) is 0.143. The lowest BCUT2D eigenvalue weighted by atomic mass is 10.2. The predicted octanol–water partition coefficient (Wildman–Crippen LogP) is 3.59. The molecule has 2 rings (SSSR count). The molecule has 22 heavy (non-hydrogen) atoms. The maximum absolute atomic E-state index is 12.1. The Morgan fingerprint density at radius 3 is 2.32 bits per heavy atom. The van der Waals surface area contributed by atoms with Crippen LogP contribution in [0.15, 0.2) is 42.9 Å². The first-order valence-corrected chi connectivity index (χ1v) is 7.63. The number of nitrogens with zero attached hydrogens (tertiary/aromatic N) is 1. The first-order chi connectivity index (χ1) is 10.5. The Morgan fingerprint density at radius 1 is 1.18 bits per heavy atom. The van der Waals surface area contributed by atoms with E-state index in [1.54, 1.807) is 24.3 Å². The van der Waals surface area contributed by atoms with E-state index in [2.05, 4.69) is 42.4 Å². The van der Waals surface area contributed by atoms with Crippen molar-refractivity contribution in [1.29, 1.82) is 0 Å². The van der Waals surface area contributed by atoms with Gasteiger partial charge in [-0.25, -0.2) is 5.43 Å². The molecular formula is C14H12Br2N2O4. The number of methoxy groups -OCH3 is 2. The van der Waals surface area contributed by atoms with Gasteiger partial charge in [-0.1, -0.05) is 0 Å². The van der Waals surface area contributed by atoms with Gasteiger partial charge in [-0.2, -0.15) is 5.10 Å². The molecule has 0 saturated carbocycles. The molecule has 0 aliphatic heterocycles. The topological polar surface area (TPSA) is 73.1 Å². The average Bonchev–Trinajstić information content (AvgIpc) is 2.84. The molecule has 1 N–H and O–H groups in total. The standard InChI is InChI=1S/C14H12Br2N2O4/c1-20-9-3-8(4-10(5-9)21-2)14(19)18-17-7-11-6-12(15)13(16)22-11/h3-7H,1-2H3,(H,18,19). The van der Waals surface area contributed by atoms with Crippen molar-refractivity contribution < 1.29 is 18.7 Å². The van der Waals surface area contributed by atoms with Gasteiger partial charge in [0.25, 0.3) is 5.91 Å². The molecule has 1 amide bonds. The minimum Gasteiger partial charge on any atom is -0.497 e. The van der Waals surface area contributed by atoms with Gasteiger partial charge in [0.2, 0.25) is 0 Å². The van der Waals surface area contributed by atoms with Crippen molar-refractivity contribution in [2.24, 2.45) is 5.10 Å². The smallest absolute Gasteiger partial charge is 0.271 e. The molecule has 0 bridgehead atoms. The third-order valence-corrected chi connectivity index (χ3v) is 4.35. The van der Waals surface area contributed by atoms with E-state index in [9.17, 15) is 4.79 Å². The zero-order valence-electron chi connectivity index (χ0n) is 11.7. The van der Waals surface area contributed by atoms with Crippen LogP contribution in [0.2, 0.25) is 0 Å². The molecule has 0 fully saturated rings. The van der Waals surface area contributed by atoms with Gasteiger partial charge in [-0.15, -0.1) is 0 Å². The highest BCUT2D eigenvalue weighted by Gasteiger charge is 2.09. The van der Waals surface area contributed by atoms with Crippen LogP contribution in [0.1, 0.15) is 16.1 Å². The molecule has 116 valence electrons. The van der Waals surface area contributed by atoms with Gasteiger partial charge >= 0.3 is 0 Å². The van der Waals surface area contributed by atoms with Crippen molar-refractivity contribution in [3.63, 3.8) is 0 Å². The third-order valence-electron chi connectivity index (χ3n) is 2.64. The number of rotatable bonds is 5. The fourth-order valence-corrected chi connectivity index (χ4v) is 2.19. The van der Waals surface area contributed by atoms with Crippen molar-refractivity contribution in [1.82, 2.24) is 5.43 Å². The average molecular weight is 432 g/mol. The van der Waals surface area contributed by atoms with Gasteiger partial charge in [-0.3, -0.25) is 4.79 Å². The minimum atomic E-state index is -0.391. The monoisotopic (exact) mass is 430 g/mol. The van der Waals surface area contributed by atoms with Crippen LogP contribution in [-0.2, 0) is 0 Å². The Labute approximate surface area is 143 Å². The number of hydrazone groups is 1. The summed E-state index contributed by atoms with van der Waals surface area (Å²) in [5.41, 5.74) is 2.78. The van der Waals surface area contributed by atoms with Gasteiger partial charge in [0.05, 0.1) is 24.9 Å². The molecular weight excluding hydrogens is 420 g/mol. The summed E-state index contributed by atoms with van der Waals surface area (Å²) in [5, 5.41) is 3.84. The van der Waals surface area contributed by atoms with Crippen molar-refractivity contribution in [3.8, 4) is 11.5 Å². The number of benzene rings is 1. The number of furan rings is 1. The second-order valence-electron chi connectivity index (χ2n) is 4.07. The molecule has 0 radical (unpaired) electrons. The van der Waals surface area contributed by atoms with Crippen LogP contribution in [0.25, 0.3) is 0 Å². The predicted molar refractivity (Wildman–Crippen MR) is 88.7 cm³/mol. The van der Waals surface area contributed by atoms with E-state index in [0.717, 1.165) is 4.47 Å². The molecule has 1 heterocycles. The van der Waals surface area contributed by atoms with Gasteiger partial charge < -0.3 is 13.9 Å². The number of hydrogen-bond acceptors (Lipinski definition) is 5. The maximum Gasteiger partial charge on any atom is 0.271 e. The highest BCUT2D eigenvalue weighted by atomic mass is 79.9. The number of carbonyl (C=O) groups excluding carboxylic acids is 1. The summed E-state index contributed by atoms with van der Waals surface area (Å²) in [4.78, 5) is 12.1. The first-order valence-electron chi connectivity index (χ1n) is 6.04. The summed E-state index contributed by atoms with van der Waals surface area (Å²) in [6.07, 6.45) is 1.39. The molecule has 0 aliphatic rings. The summed E-state index contributed by atoms with van der Waals surface area (Å²) in [7, 11) is 3.03. The maximum atomic E-state index is 12.1.